The second-order valence-corrected chi connectivity index (χ2v) is 4.76. The lowest BCUT2D eigenvalue weighted by molar-refractivity contribution is 0.0803. The first-order chi connectivity index (χ1) is 7.40. The third-order valence-electron chi connectivity index (χ3n) is 2.64. The minimum Gasteiger partial charge on any atom is -0.381 e. The van der Waals surface area contributed by atoms with Crippen LogP contribution in [0.3, 0.4) is 0 Å². The molecule has 0 saturated carbocycles. The molecule has 84 valence electrons. The van der Waals surface area contributed by atoms with Crippen LogP contribution >= 0.6 is 11.3 Å². The number of thiazole rings is 1. The lowest BCUT2D eigenvalue weighted by Gasteiger charge is -2.19. The molecule has 1 saturated heterocycles. The van der Waals surface area contributed by atoms with Crippen LogP contribution in [0.1, 0.15) is 36.4 Å². The zero-order valence-corrected chi connectivity index (χ0v) is 9.98. The van der Waals surface area contributed by atoms with Crippen LogP contribution in [0.4, 0.5) is 0 Å². The van der Waals surface area contributed by atoms with E-state index in [-0.39, 0.29) is 0 Å². The number of aromatic nitrogens is 1. The Hall–Kier alpha value is -0.450. The van der Waals surface area contributed by atoms with E-state index >= 15 is 0 Å². The highest BCUT2D eigenvalue weighted by Gasteiger charge is 2.18. The van der Waals surface area contributed by atoms with Gasteiger partial charge < -0.3 is 10.1 Å². The van der Waals surface area contributed by atoms with Crippen molar-refractivity contribution in [2.75, 3.05) is 19.8 Å². The fourth-order valence-corrected chi connectivity index (χ4v) is 2.72. The molecular weight excluding hydrogens is 208 g/mol. The maximum Gasteiger partial charge on any atom is 0.0982 e. The first-order valence-corrected chi connectivity index (χ1v) is 6.51. The Morgan fingerprint density at radius 3 is 3.33 bits per heavy atom. The summed E-state index contributed by atoms with van der Waals surface area (Å²) in [6.45, 7) is 5.78. The van der Waals surface area contributed by atoms with E-state index < -0.39 is 0 Å². The summed E-state index contributed by atoms with van der Waals surface area (Å²) in [5, 5.41) is 6.71. The third-order valence-corrected chi connectivity index (χ3v) is 3.69. The molecular formula is C11H18N2OS. The third kappa shape index (κ3) is 3.00. The summed E-state index contributed by atoms with van der Waals surface area (Å²) >= 11 is 1.78. The van der Waals surface area contributed by atoms with Crippen molar-refractivity contribution in [2.45, 2.75) is 32.2 Å². The molecule has 0 aromatic carbocycles. The van der Waals surface area contributed by atoms with Crippen LogP contribution in [0.15, 0.2) is 5.38 Å². The van der Waals surface area contributed by atoms with Crippen molar-refractivity contribution in [3.05, 3.63) is 16.1 Å². The lowest BCUT2D eigenvalue weighted by atomic mass is 10.0. The average Bonchev–Trinajstić information content (AvgIpc) is 2.76. The Balaban J connectivity index is 1.93. The fraction of sp³-hybridized carbons (Fsp3) is 0.727. The van der Waals surface area contributed by atoms with Gasteiger partial charge in [0.15, 0.2) is 0 Å². The number of hydrogen-bond donors (Lipinski definition) is 1. The summed E-state index contributed by atoms with van der Waals surface area (Å²) in [7, 11) is 0. The minimum atomic E-state index is 0.541. The van der Waals surface area contributed by atoms with E-state index in [0.29, 0.717) is 5.92 Å². The van der Waals surface area contributed by atoms with Crippen LogP contribution in [0.5, 0.6) is 0 Å². The molecule has 4 heteroatoms. The van der Waals surface area contributed by atoms with E-state index in [9.17, 15) is 0 Å². The van der Waals surface area contributed by atoms with Crippen molar-refractivity contribution in [3.8, 4) is 0 Å². The molecule has 3 nitrogen and oxygen atoms in total. The van der Waals surface area contributed by atoms with Crippen molar-refractivity contribution in [2.24, 2.45) is 0 Å². The predicted octanol–water partition coefficient (Wildman–Crippen LogP) is 2.15. The van der Waals surface area contributed by atoms with Gasteiger partial charge in [0.2, 0.25) is 0 Å². The predicted molar refractivity (Wildman–Crippen MR) is 62.3 cm³/mol. The second-order valence-electron chi connectivity index (χ2n) is 3.87. The molecule has 15 heavy (non-hydrogen) atoms. The van der Waals surface area contributed by atoms with E-state index in [2.05, 4.69) is 22.6 Å². The maximum absolute atomic E-state index is 5.48. The normalized spacial score (nSPS) is 21.8. The lowest BCUT2D eigenvalue weighted by Crippen LogP contribution is -2.16. The van der Waals surface area contributed by atoms with Crippen LogP contribution in [-0.2, 0) is 11.3 Å². The smallest absolute Gasteiger partial charge is 0.0982 e. The summed E-state index contributed by atoms with van der Waals surface area (Å²) in [5.74, 6) is 0.541. The molecule has 0 spiro atoms. The average molecular weight is 226 g/mol. The van der Waals surface area contributed by atoms with Gasteiger partial charge in [-0.05, 0) is 19.4 Å². The van der Waals surface area contributed by atoms with E-state index in [1.54, 1.807) is 11.3 Å². The quantitative estimate of drug-likeness (QED) is 0.854. The summed E-state index contributed by atoms with van der Waals surface area (Å²) in [6.07, 6.45) is 2.40. The SMILES string of the molecule is CCNCc1csc(C2CCCOC2)n1. The summed E-state index contributed by atoms with van der Waals surface area (Å²) in [5.41, 5.74) is 1.17. The summed E-state index contributed by atoms with van der Waals surface area (Å²) in [6, 6.07) is 0. The van der Waals surface area contributed by atoms with Crippen molar-refractivity contribution in [1.29, 1.82) is 0 Å². The molecule has 0 aliphatic carbocycles. The van der Waals surface area contributed by atoms with Crippen LogP contribution < -0.4 is 5.32 Å². The maximum atomic E-state index is 5.48. The molecule has 1 aromatic rings. The number of ether oxygens (including phenoxy) is 1. The highest BCUT2D eigenvalue weighted by atomic mass is 32.1. The van der Waals surface area contributed by atoms with Gasteiger partial charge in [-0.2, -0.15) is 0 Å². The highest BCUT2D eigenvalue weighted by Crippen LogP contribution is 2.27. The van der Waals surface area contributed by atoms with Gasteiger partial charge >= 0.3 is 0 Å². The monoisotopic (exact) mass is 226 g/mol. The van der Waals surface area contributed by atoms with E-state index in [1.807, 2.05) is 0 Å². The van der Waals surface area contributed by atoms with Crippen LogP contribution in [-0.4, -0.2) is 24.7 Å². The molecule has 0 amide bonds. The van der Waals surface area contributed by atoms with Crippen molar-refractivity contribution in [3.63, 3.8) is 0 Å². The van der Waals surface area contributed by atoms with Gasteiger partial charge in [0.25, 0.3) is 0 Å². The van der Waals surface area contributed by atoms with Gasteiger partial charge in [0.05, 0.1) is 17.3 Å². The molecule has 1 fully saturated rings. The van der Waals surface area contributed by atoms with Crippen molar-refractivity contribution < 1.29 is 4.74 Å². The van der Waals surface area contributed by atoms with Gasteiger partial charge in [-0.3, -0.25) is 0 Å². The standard InChI is InChI=1S/C11H18N2OS/c1-2-12-6-10-8-15-11(13-10)9-4-3-5-14-7-9/h8-9,12H,2-7H2,1H3. The van der Waals surface area contributed by atoms with Gasteiger partial charge in [0.1, 0.15) is 0 Å². The molecule has 1 aromatic heterocycles. The molecule has 1 aliphatic rings. The molecule has 1 unspecified atom stereocenters. The minimum absolute atomic E-state index is 0.541. The highest BCUT2D eigenvalue weighted by molar-refractivity contribution is 7.09. The van der Waals surface area contributed by atoms with Crippen molar-refractivity contribution >= 4 is 11.3 Å². The number of nitrogens with zero attached hydrogens (tertiary/aromatic N) is 1. The molecule has 2 heterocycles. The Bertz CT molecular complexity index is 295. The first-order valence-electron chi connectivity index (χ1n) is 5.63. The zero-order chi connectivity index (χ0) is 10.5. The number of rotatable bonds is 4. The van der Waals surface area contributed by atoms with E-state index in [1.165, 1.54) is 23.5 Å². The van der Waals surface area contributed by atoms with E-state index in [0.717, 1.165) is 26.3 Å². The Labute approximate surface area is 94.9 Å². The van der Waals surface area contributed by atoms with Crippen molar-refractivity contribution in [1.82, 2.24) is 10.3 Å². The molecule has 1 atom stereocenters. The Kier molecular flexibility index (Phi) is 4.11. The Morgan fingerprint density at radius 2 is 2.60 bits per heavy atom. The topological polar surface area (TPSA) is 34.1 Å². The van der Waals surface area contributed by atoms with Crippen LogP contribution in [0.2, 0.25) is 0 Å². The molecule has 1 aliphatic heterocycles. The largest absolute Gasteiger partial charge is 0.381 e. The zero-order valence-electron chi connectivity index (χ0n) is 9.16. The second kappa shape index (κ2) is 5.58. The molecule has 0 bridgehead atoms. The van der Waals surface area contributed by atoms with Gasteiger partial charge in [-0.1, -0.05) is 6.92 Å². The summed E-state index contributed by atoms with van der Waals surface area (Å²) in [4.78, 5) is 4.65. The molecule has 1 N–H and O–H groups in total. The summed E-state index contributed by atoms with van der Waals surface area (Å²) < 4.78 is 5.48. The van der Waals surface area contributed by atoms with Gasteiger partial charge in [0, 0.05) is 24.4 Å². The van der Waals surface area contributed by atoms with Crippen LogP contribution in [0, 0.1) is 0 Å². The van der Waals surface area contributed by atoms with Gasteiger partial charge in [-0.25, -0.2) is 4.98 Å². The van der Waals surface area contributed by atoms with Crippen LogP contribution in [0.25, 0.3) is 0 Å². The Morgan fingerprint density at radius 1 is 1.67 bits per heavy atom. The first kappa shape index (κ1) is 11.0. The number of hydrogen-bond acceptors (Lipinski definition) is 4. The molecule has 0 radical (unpaired) electrons. The van der Waals surface area contributed by atoms with E-state index in [4.69, 9.17) is 4.74 Å². The molecule has 2 rings (SSSR count). The van der Waals surface area contributed by atoms with Gasteiger partial charge in [-0.15, -0.1) is 11.3 Å². The number of nitrogens with one attached hydrogen (secondary N) is 1. The fourth-order valence-electron chi connectivity index (χ4n) is 1.78.